The Morgan fingerprint density at radius 3 is 2.73 bits per heavy atom. The highest BCUT2D eigenvalue weighted by Gasteiger charge is 2.06. The summed E-state index contributed by atoms with van der Waals surface area (Å²) in [5.74, 6) is 0. The number of hydrogen-bond acceptors (Lipinski definition) is 3. The summed E-state index contributed by atoms with van der Waals surface area (Å²) in [6.45, 7) is 7.62. The van der Waals surface area contributed by atoms with Gasteiger partial charge in [0.15, 0.2) is 0 Å². The van der Waals surface area contributed by atoms with E-state index in [4.69, 9.17) is 4.74 Å². The molecule has 1 atom stereocenters. The Morgan fingerprint density at radius 2 is 2.27 bits per heavy atom. The van der Waals surface area contributed by atoms with Crippen LogP contribution in [0.15, 0.2) is 0 Å². The summed E-state index contributed by atoms with van der Waals surface area (Å²) in [5.41, 5.74) is 0. The highest BCUT2D eigenvalue weighted by molar-refractivity contribution is 5.59. The van der Waals surface area contributed by atoms with Crippen LogP contribution in [-0.4, -0.2) is 18.9 Å². The van der Waals surface area contributed by atoms with Crippen LogP contribution < -0.4 is 0 Å². The zero-order valence-electron chi connectivity index (χ0n) is 7.13. The van der Waals surface area contributed by atoms with Gasteiger partial charge in [-0.3, -0.25) is 0 Å². The highest BCUT2D eigenvalue weighted by atomic mass is 16.7. The molecule has 0 rings (SSSR count). The van der Waals surface area contributed by atoms with E-state index in [1.807, 2.05) is 13.8 Å². The van der Waals surface area contributed by atoms with Crippen molar-refractivity contribution < 1.29 is 14.3 Å². The minimum atomic E-state index is -0.594. The van der Waals surface area contributed by atoms with Crippen molar-refractivity contribution in [3.8, 4) is 0 Å². The van der Waals surface area contributed by atoms with Gasteiger partial charge in [-0.25, -0.2) is 4.79 Å². The SMILES string of the molecule is [CH2]CCOC(=O)OC(C)CC. The molecule has 0 saturated heterocycles. The molecular formula is C8H15O3. The monoisotopic (exact) mass is 159 g/mol. The van der Waals surface area contributed by atoms with Crippen LogP contribution in [0.3, 0.4) is 0 Å². The first-order chi connectivity index (χ1) is 5.20. The molecule has 0 heterocycles. The fraction of sp³-hybridized carbons (Fsp3) is 0.750. The van der Waals surface area contributed by atoms with Crippen molar-refractivity contribution in [2.75, 3.05) is 6.61 Å². The van der Waals surface area contributed by atoms with E-state index in [1.54, 1.807) is 0 Å². The lowest BCUT2D eigenvalue weighted by Gasteiger charge is -2.09. The van der Waals surface area contributed by atoms with Crippen LogP contribution in [0, 0.1) is 6.92 Å². The molecule has 0 aromatic rings. The largest absolute Gasteiger partial charge is 0.508 e. The quantitative estimate of drug-likeness (QED) is 0.589. The highest BCUT2D eigenvalue weighted by Crippen LogP contribution is 1.98. The first-order valence-electron chi connectivity index (χ1n) is 3.83. The Morgan fingerprint density at radius 1 is 1.64 bits per heavy atom. The summed E-state index contributed by atoms with van der Waals surface area (Å²) >= 11 is 0. The van der Waals surface area contributed by atoms with Gasteiger partial charge >= 0.3 is 6.16 Å². The normalized spacial score (nSPS) is 12.3. The molecule has 0 bridgehead atoms. The molecule has 11 heavy (non-hydrogen) atoms. The molecule has 0 fully saturated rings. The first-order valence-corrected chi connectivity index (χ1v) is 3.83. The standard InChI is InChI=1S/C8H15O3/c1-4-6-10-8(9)11-7(3)5-2/h7H,1,4-6H2,2-3H3. The van der Waals surface area contributed by atoms with Gasteiger partial charge in [-0.05, 0) is 26.7 Å². The molecule has 0 N–H and O–H groups in total. The minimum Gasteiger partial charge on any atom is -0.434 e. The molecule has 1 unspecified atom stereocenters. The molecular weight excluding hydrogens is 144 g/mol. The second kappa shape index (κ2) is 6.01. The molecule has 1 radical (unpaired) electrons. The van der Waals surface area contributed by atoms with E-state index in [9.17, 15) is 4.79 Å². The maximum atomic E-state index is 10.7. The van der Waals surface area contributed by atoms with Crippen LogP contribution in [-0.2, 0) is 9.47 Å². The summed E-state index contributed by atoms with van der Waals surface area (Å²) in [5, 5.41) is 0. The van der Waals surface area contributed by atoms with E-state index in [0.717, 1.165) is 6.42 Å². The van der Waals surface area contributed by atoms with E-state index in [2.05, 4.69) is 11.7 Å². The average molecular weight is 159 g/mol. The molecule has 0 aliphatic carbocycles. The predicted octanol–water partition coefficient (Wildman–Crippen LogP) is 2.16. The Kier molecular flexibility index (Phi) is 5.61. The van der Waals surface area contributed by atoms with Crippen molar-refractivity contribution in [2.45, 2.75) is 32.8 Å². The fourth-order valence-electron chi connectivity index (χ4n) is 0.437. The van der Waals surface area contributed by atoms with Gasteiger partial charge in [-0.1, -0.05) is 6.92 Å². The molecule has 0 saturated carbocycles. The predicted molar refractivity (Wildman–Crippen MR) is 42.2 cm³/mol. The maximum absolute atomic E-state index is 10.7. The van der Waals surface area contributed by atoms with Gasteiger partial charge in [-0.15, -0.1) is 0 Å². The van der Waals surface area contributed by atoms with Gasteiger partial charge in [0.05, 0.1) is 6.61 Å². The lowest BCUT2D eigenvalue weighted by atomic mass is 10.3. The van der Waals surface area contributed by atoms with Crippen molar-refractivity contribution in [2.24, 2.45) is 0 Å². The van der Waals surface area contributed by atoms with Crippen molar-refractivity contribution in [1.29, 1.82) is 0 Å². The Balaban J connectivity index is 3.36. The van der Waals surface area contributed by atoms with Crippen LogP contribution in [0.5, 0.6) is 0 Å². The molecule has 0 spiro atoms. The maximum Gasteiger partial charge on any atom is 0.508 e. The molecule has 0 aromatic carbocycles. The van der Waals surface area contributed by atoms with Crippen LogP contribution in [0.4, 0.5) is 4.79 Å². The number of hydrogen-bond donors (Lipinski definition) is 0. The van der Waals surface area contributed by atoms with Crippen molar-refractivity contribution in [3.05, 3.63) is 6.92 Å². The summed E-state index contributed by atoms with van der Waals surface area (Å²) in [7, 11) is 0. The molecule has 0 aromatic heterocycles. The average Bonchev–Trinajstić information content (AvgIpc) is 2.00. The van der Waals surface area contributed by atoms with Gasteiger partial charge in [-0.2, -0.15) is 0 Å². The van der Waals surface area contributed by atoms with Gasteiger partial charge in [0.25, 0.3) is 0 Å². The number of rotatable bonds is 4. The zero-order chi connectivity index (χ0) is 8.69. The van der Waals surface area contributed by atoms with Crippen LogP contribution in [0.25, 0.3) is 0 Å². The molecule has 3 nitrogen and oxygen atoms in total. The van der Waals surface area contributed by atoms with E-state index in [1.165, 1.54) is 0 Å². The molecule has 0 aliphatic rings. The summed E-state index contributed by atoms with van der Waals surface area (Å²) in [6, 6.07) is 0. The van der Waals surface area contributed by atoms with Crippen molar-refractivity contribution in [1.82, 2.24) is 0 Å². The topological polar surface area (TPSA) is 35.5 Å². The molecule has 3 heteroatoms. The second-order valence-electron chi connectivity index (χ2n) is 2.29. The van der Waals surface area contributed by atoms with Crippen LogP contribution in [0.2, 0.25) is 0 Å². The zero-order valence-corrected chi connectivity index (χ0v) is 7.13. The van der Waals surface area contributed by atoms with Gasteiger partial charge < -0.3 is 9.47 Å². The second-order valence-corrected chi connectivity index (χ2v) is 2.29. The third kappa shape index (κ3) is 5.70. The smallest absolute Gasteiger partial charge is 0.434 e. The Hall–Kier alpha value is -0.730. The van der Waals surface area contributed by atoms with Gasteiger partial charge in [0.2, 0.25) is 0 Å². The Labute approximate surface area is 67.7 Å². The summed E-state index contributed by atoms with van der Waals surface area (Å²) < 4.78 is 9.45. The van der Waals surface area contributed by atoms with Crippen LogP contribution in [0.1, 0.15) is 26.7 Å². The lowest BCUT2D eigenvalue weighted by molar-refractivity contribution is 0.0290. The number of ether oxygens (including phenoxy) is 2. The van der Waals surface area contributed by atoms with Crippen molar-refractivity contribution >= 4 is 6.16 Å². The van der Waals surface area contributed by atoms with E-state index in [-0.39, 0.29) is 6.10 Å². The Bertz CT molecular complexity index is 112. The van der Waals surface area contributed by atoms with Crippen LogP contribution >= 0.6 is 0 Å². The minimum absolute atomic E-state index is 0.0627. The lowest BCUT2D eigenvalue weighted by Crippen LogP contribution is -2.15. The number of carbonyl (C=O) groups is 1. The van der Waals surface area contributed by atoms with E-state index >= 15 is 0 Å². The summed E-state index contributed by atoms with van der Waals surface area (Å²) in [6.07, 6.45) is 0.727. The fourth-order valence-corrected chi connectivity index (χ4v) is 0.437. The molecule has 0 aliphatic heterocycles. The van der Waals surface area contributed by atoms with E-state index in [0.29, 0.717) is 13.0 Å². The molecule has 0 amide bonds. The third-order valence-electron chi connectivity index (χ3n) is 1.24. The van der Waals surface area contributed by atoms with Gasteiger partial charge in [0, 0.05) is 0 Å². The number of carbonyl (C=O) groups excluding carboxylic acids is 1. The van der Waals surface area contributed by atoms with E-state index < -0.39 is 6.16 Å². The first kappa shape index (κ1) is 10.3. The third-order valence-corrected chi connectivity index (χ3v) is 1.24. The van der Waals surface area contributed by atoms with Gasteiger partial charge in [0.1, 0.15) is 6.10 Å². The molecule has 65 valence electrons. The van der Waals surface area contributed by atoms with Crippen molar-refractivity contribution in [3.63, 3.8) is 0 Å². The summed E-state index contributed by atoms with van der Waals surface area (Å²) in [4.78, 5) is 10.7.